The quantitative estimate of drug-likeness (QED) is 0.699. The summed E-state index contributed by atoms with van der Waals surface area (Å²) in [5.74, 6) is -3.76. The first-order valence-corrected chi connectivity index (χ1v) is 7.42. The molecule has 2 N–H and O–H groups in total. The minimum atomic E-state index is -2.65. The minimum absolute atomic E-state index is 0.0662. The molecule has 0 aliphatic rings. The van der Waals surface area contributed by atoms with Crippen LogP contribution in [0.3, 0.4) is 0 Å². The summed E-state index contributed by atoms with van der Waals surface area (Å²) < 4.78 is 22.5. The van der Waals surface area contributed by atoms with Crippen molar-refractivity contribution in [1.82, 2.24) is 0 Å². The SMILES string of the molecule is O=C(O)CCC(C(=O)O)C(CCc1ccccc1)=S(=O)=O. The third-order valence-electron chi connectivity index (χ3n) is 3.05. The van der Waals surface area contributed by atoms with Crippen LogP contribution in [-0.2, 0) is 26.3 Å². The van der Waals surface area contributed by atoms with Crippen molar-refractivity contribution >= 4 is 27.1 Å². The Bertz CT molecular complexity index is 625. The molecule has 21 heavy (non-hydrogen) atoms. The van der Waals surface area contributed by atoms with Crippen molar-refractivity contribution in [2.24, 2.45) is 5.92 Å². The van der Waals surface area contributed by atoms with Gasteiger partial charge in [-0.2, -0.15) is 8.42 Å². The van der Waals surface area contributed by atoms with E-state index >= 15 is 0 Å². The summed E-state index contributed by atoms with van der Waals surface area (Å²) in [5, 5.41) is 17.7. The minimum Gasteiger partial charge on any atom is -0.481 e. The molecular weight excluding hydrogens is 296 g/mol. The smallest absolute Gasteiger partial charge is 0.311 e. The van der Waals surface area contributed by atoms with Gasteiger partial charge in [-0.15, -0.1) is 0 Å². The van der Waals surface area contributed by atoms with Gasteiger partial charge in [0.05, 0.1) is 10.8 Å². The number of carboxylic acids is 2. The molecule has 114 valence electrons. The van der Waals surface area contributed by atoms with Gasteiger partial charge in [-0.1, -0.05) is 30.3 Å². The predicted molar refractivity (Wildman–Crippen MR) is 76.7 cm³/mol. The first kappa shape index (κ1) is 16.9. The summed E-state index contributed by atoms with van der Waals surface area (Å²) in [6.45, 7) is 0. The zero-order valence-corrected chi connectivity index (χ0v) is 12.0. The molecule has 1 unspecified atom stereocenters. The van der Waals surface area contributed by atoms with Gasteiger partial charge in [-0.3, -0.25) is 9.59 Å². The largest absolute Gasteiger partial charge is 0.481 e. The van der Waals surface area contributed by atoms with Crippen molar-refractivity contribution in [2.75, 3.05) is 0 Å². The molecule has 1 aromatic rings. The Balaban J connectivity index is 2.86. The molecule has 0 amide bonds. The number of carboxylic acid groups (broad SMARTS) is 2. The van der Waals surface area contributed by atoms with Gasteiger partial charge in [-0.25, -0.2) is 0 Å². The molecule has 0 bridgehead atoms. The van der Waals surface area contributed by atoms with Gasteiger partial charge in [0.15, 0.2) is 0 Å². The maximum Gasteiger partial charge on any atom is 0.311 e. The number of hydrogen-bond acceptors (Lipinski definition) is 4. The van der Waals surface area contributed by atoms with Crippen LogP contribution in [0.4, 0.5) is 0 Å². The molecule has 0 saturated carbocycles. The van der Waals surface area contributed by atoms with Crippen molar-refractivity contribution in [3.63, 3.8) is 0 Å². The lowest BCUT2D eigenvalue weighted by Gasteiger charge is -2.12. The van der Waals surface area contributed by atoms with E-state index in [9.17, 15) is 18.0 Å². The Morgan fingerprint density at radius 2 is 1.67 bits per heavy atom. The molecule has 0 spiro atoms. The van der Waals surface area contributed by atoms with Crippen LogP contribution in [0, 0.1) is 5.92 Å². The zero-order valence-electron chi connectivity index (χ0n) is 11.2. The molecular formula is C14H16O6S. The molecule has 0 aliphatic heterocycles. The average Bonchev–Trinajstić information content (AvgIpc) is 2.42. The molecule has 0 saturated heterocycles. The fourth-order valence-corrected chi connectivity index (χ4v) is 2.70. The fraction of sp³-hybridized carbons (Fsp3) is 0.357. The summed E-state index contributed by atoms with van der Waals surface area (Å²) in [6.07, 6.45) is -0.163. The van der Waals surface area contributed by atoms with E-state index in [2.05, 4.69) is 0 Å². The second-order valence-electron chi connectivity index (χ2n) is 4.51. The highest BCUT2D eigenvalue weighted by Gasteiger charge is 2.25. The van der Waals surface area contributed by atoms with Crippen molar-refractivity contribution in [3.05, 3.63) is 35.9 Å². The van der Waals surface area contributed by atoms with Crippen LogP contribution in [0.5, 0.6) is 0 Å². The van der Waals surface area contributed by atoms with E-state index in [1.165, 1.54) is 0 Å². The van der Waals surface area contributed by atoms with E-state index in [1.807, 2.05) is 30.3 Å². The number of rotatable bonds is 8. The topological polar surface area (TPSA) is 109 Å². The van der Waals surface area contributed by atoms with Crippen molar-refractivity contribution in [1.29, 1.82) is 0 Å². The highest BCUT2D eigenvalue weighted by Crippen LogP contribution is 2.14. The van der Waals surface area contributed by atoms with Gasteiger partial charge in [-0.05, 0) is 24.8 Å². The highest BCUT2D eigenvalue weighted by atomic mass is 32.2. The molecule has 0 radical (unpaired) electrons. The van der Waals surface area contributed by atoms with Crippen molar-refractivity contribution in [3.8, 4) is 0 Å². The molecule has 0 aromatic heterocycles. The summed E-state index contributed by atoms with van der Waals surface area (Å²) in [4.78, 5) is 21.6. The van der Waals surface area contributed by atoms with Crippen LogP contribution in [0.25, 0.3) is 0 Å². The molecule has 0 aliphatic carbocycles. The first-order chi connectivity index (χ1) is 9.91. The Kier molecular flexibility index (Phi) is 6.61. The second kappa shape index (κ2) is 8.21. The number of aliphatic carboxylic acids is 2. The molecule has 1 atom stereocenters. The lowest BCUT2D eigenvalue weighted by atomic mass is 9.95. The van der Waals surface area contributed by atoms with Crippen molar-refractivity contribution < 1.29 is 28.2 Å². The predicted octanol–water partition coefficient (Wildman–Crippen LogP) is 1.24. The van der Waals surface area contributed by atoms with Gasteiger partial charge in [0.1, 0.15) is 0 Å². The number of benzene rings is 1. The summed E-state index contributed by atoms with van der Waals surface area (Å²) in [5.41, 5.74) is 0.892. The van der Waals surface area contributed by atoms with Crippen LogP contribution in [-0.4, -0.2) is 35.4 Å². The van der Waals surface area contributed by atoms with E-state index in [0.717, 1.165) is 5.56 Å². The highest BCUT2D eigenvalue weighted by molar-refractivity contribution is 7.73. The van der Waals surface area contributed by atoms with E-state index in [-0.39, 0.29) is 24.1 Å². The molecule has 0 heterocycles. The standard InChI is InChI=1S/C14H16O6S/c15-13(16)9-7-11(14(17)18)12(21(19)20)8-6-10-4-2-1-3-5-10/h1-5,11H,6-9H2,(H,15,16)(H,17,18). The number of aryl methyl sites for hydroxylation is 1. The van der Waals surface area contributed by atoms with Crippen LogP contribution in [0.1, 0.15) is 24.8 Å². The van der Waals surface area contributed by atoms with Crippen LogP contribution >= 0.6 is 0 Å². The number of carbonyl (C=O) groups is 2. The fourth-order valence-electron chi connectivity index (χ4n) is 1.98. The summed E-state index contributed by atoms with van der Waals surface area (Å²) in [7, 11) is -2.65. The van der Waals surface area contributed by atoms with E-state index in [0.29, 0.717) is 6.42 Å². The van der Waals surface area contributed by atoms with Gasteiger partial charge < -0.3 is 10.2 Å². The lowest BCUT2D eigenvalue weighted by Crippen LogP contribution is -2.26. The van der Waals surface area contributed by atoms with Crippen LogP contribution in [0.2, 0.25) is 0 Å². The van der Waals surface area contributed by atoms with Crippen molar-refractivity contribution in [2.45, 2.75) is 25.7 Å². The first-order valence-electron chi connectivity index (χ1n) is 6.35. The third-order valence-corrected chi connectivity index (χ3v) is 3.97. The summed E-state index contributed by atoms with van der Waals surface area (Å²) in [6, 6.07) is 9.08. The van der Waals surface area contributed by atoms with E-state index < -0.39 is 28.1 Å². The molecule has 1 rings (SSSR count). The Labute approximate surface area is 123 Å². The number of hydrogen-bond donors (Lipinski definition) is 2. The Morgan fingerprint density at radius 1 is 1.05 bits per heavy atom. The second-order valence-corrected chi connectivity index (χ2v) is 5.50. The third kappa shape index (κ3) is 5.78. The normalized spacial score (nSPS) is 11.6. The van der Waals surface area contributed by atoms with Gasteiger partial charge in [0.2, 0.25) is 10.3 Å². The Hall–Kier alpha value is -2.15. The maximum atomic E-state index is 11.3. The van der Waals surface area contributed by atoms with E-state index in [4.69, 9.17) is 10.2 Å². The Morgan fingerprint density at radius 3 is 2.14 bits per heavy atom. The van der Waals surface area contributed by atoms with Crippen LogP contribution in [0.15, 0.2) is 30.3 Å². The summed E-state index contributed by atoms with van der Waals surface area (Å²) >= 11 is 0. The lowest BCUT2D eigenvalue weighted by molar-refractivity contribution is -0.140. The van der Waals surface area contributed by atoms with Gasteiger partial charge in [0, 0.05) is 6.42 Å². The van der Waals surface area contributed by atoms with Gasteiger partial charge in [0.25, 0.3) is 0 Å². The van der Waals surface area contributed by atoms with Crippen LogP contribution < -0.4 is 0 Å². The average molecular weight is 312 g/mol. The maximum absolute atomic E-state index is 11.3. The monoisotopic (exact) mass is 312 g/mol. The molecule has 0 fully saturated rings. The van der Waals surface area contributed by atoms with E-state index in [1.54, 1.807) is 0 Å². The van der Waals surface area contributed by atoms with Gasteiger partial charge >= 0.3 is 11.9 Å². The molecule has 1 aromatic carbocycles. The molecule has 6 nitrogen and oxygen atoms in total. The molecule has 7 heteroatoms. The zero-order chi connectivity index (χ0) is 15.8.